The molecule has 6 aromatic heterocycles. The van der Waals surface area contributed by atoms with Gasteiger partial charge in [-0.15, -0.1) is 11.3 Å². The van der Waals surface area contributed by atoms with Gasteiger partial charge in [0.15, 0.2) is 5.82 Å². The molecule has 6 heterocycles. The zero-order valence-electron chi connectivity index (χ0n) is 33.7. The Kier molecular flexibility index (Phi) is 7.98. The number of aromatic nitrogens is 6. The van der Waals surface area contributed by atoms with E-state index in [1.165, 1.54) is 36.3 Å². The van der Waals surface area contributed by atoms with E-state index in [2.05, 4.69) is 184 Å². The number of thiophene rings is 1. The number of hydrogen-bond donors (Lipinski definition) is 0. The van der Waals surface area contributed by atoms with Gasteiger partial charge in [0.05, 0.1) is 44.8 Å². The van der Waals surface area contributed by atoms with Crippen LogP contribution in [0.4, 0.5) is 0 Å². The number of rotatable bonds is 6. The lowest BCUT2D eigenvalue weighted by atomic mass is 10.1. The molecular weight excluding hydrogens is 789 g/mol. The third-order valence-electron chi connectivity index (χ3n) is 12.3. The maximum atomic E-state index is 5.25. The molecule has 294 valence electrons. The predicted octanol–water partition coefficient (Wildman–Crippen LogP) is 14.5. The minimum absolute atomic E-state index is 0.680. The summed E-state index contributed by atoms with van der Waals surface area (Å²) in [5, 5.41) is 7.11. The van der Waals surface area contributed by atoms with Crippen LogP contribution in [0, 0.1) is 0 Å². The van der Waals surface area contributed by atoms with E-state index in [0.717, 1.165) is 78.2 Å². The van der Waals surface area contributed by atoms with Crippen molar-refractivity contribution in [3.63, 3.8) is 0 Å². The number of pyridine rings is 2. The van der Waals surface area contributed by atoms with Crippen LogP contribution in [0.5, 0.6) is 0 Å². The molecule has 0 bridgehead atoms. The van der Waals surface area contributed by atoms with E-state index in [-0.39, 0.29) is 0 Å². The first-order chi connectivity index (χ1) is 31.2. The van der Waals surface area contributed by atoms with Crippen molar-refractivity contribution in [2.24, 2.45) is 0 Å². The summed E-state index contributed by atoms with van der Waals surface area (Å²) in [5.74, 6) is 0.680. The number of para-hydroxylation sites is 2. The maximum absolute atomic E-state index is 5.25. The minimum atomic E-state index is 0.680. The van der Waals surface area contributed by atoms with Crippen molar-refractivity contribution < 1.29 is 0 Å². The number of benzene rings is 7. The molecule has 0 atom stereocenters. The van der Waals surface area contributed by atoms with Crippen LogP contribution < -0.4 is 0 Å². The Hall–Kier alpha value is -8.26. The molecule has 7 heteroatoms. The SMILES string of the molecule is c1ccc(-c2cc(-n3c4ccccc4c4ccc(-c5ccnc(-c6ccc7c(c6)c6ccccc6n7-c6ccc7sc8ccncc8c7c6)n5)cc43)cc(-c3ccccc3)n2)cc1. The van der Waals surface area contributed by atoms with E-state index in [0.29, 0.717) is 5.82 Å². The Balaban J connectivity index is 0.942. The normalized spacial score (nSPS) is 11.8. The first kappa shape index (κ1) is 35.5. The highest BCUT2D eigenvalue weighted by Gasteiger charge is 2.19. The largest absolute Gasteiger partial charge is 0.309 e. The van der Waals surface area contributed by atoms with E-state index >= 15 is 0 Å². The first-order valence-corrected chi connectivity index (χ1v) is 21.8. The molecule has 0 aliphatic rings. The monoisotopic (exact) mass is 822 g/mol. The minimum Gasteiger partial charge on any atom is -0.309 e. The first-order valence-electron chi connectivity index (χ1n) is 21.0. The van der Waals surface area contributed by atoms with Crippen molar-refractivity contribution >= 4 is 75.1 Å². The van der Waals surface area contributed by atoms with Crippen LogP contribution in [0.3, 0.4) is 0 Å². The second-order valence-corrected chi connectivity index (χ2v) is 17.0. The second-order valence-electron chi connectivity index (χ2n) is 15.9. The van der Waals surface area contributed by atoms with Gasteiger partial charge in [-0.3, -0.25) is 4.98 Å². The molecule has 0 aliphatic carbocycles. The van der Waals surface area contributed by atoms with E-state index in [4.69, 9.17) is 15.0 Å². The topological polar surface area (TPSA) is 61.4 Å². The van der Waals surface area contributed by atoms with Crippen molar-refractivity contribution in [2.45, 2.75) is 0 Å². The molecule has 7 aromatic carbocycles. The van der Waals surface area contributed by atoms with Crippen molar-refractivity contribution in [3.05, 3.63) is 207 Å². The summed E-state index contributed by atoms with van der Waals surface area (Å²) < 4.78 is 7.25. The molecule has 0 saturated heterocycles. The highest BCUT2D eigenvalue weighted by molar-refractivity contribution is 7.25. The van der Waals surface area contributed by atoms with Crippen LogP contribution in [0.25, 0.3) is 120 Å². The molecule has 0 saturated carbocycles. The smallest absolute Gasteiger partial charge is 0.159 e. The van der Waals surface area contributed by atoms with Crippen molar-refractivity contribution in [1.29, 1.82) is 0 Å². The lowest BCUT2D eigenvalue weighted by Crippen LogP contribution is -1.98. The van der Waals surface area contributed by atoms with E-state index in [1.54, 1.807) is 0 Å². The third-order valence-corrected chi connectivity index (χ3v) is 13.4. The molecule has 0 spiro atoms. The van der Waals surface area contributed by atoms with Gasteiger partial charge in [0.2, 0.25) is 0 Å². The molecule has 63 heavy (non-hydrogen) atoms. The van der Waals surface area contributed by atoms with Gasteiger partial charge in [0.25, 0.3) is 0 Å². The summed E-state index contributed by atoms with van der Waals surface area (Å²) in [6.45, 7) is 0. The molecule has 13 aromatic rings. The van der Waals surface area contributed by atoms with Gasteiger partial charge in [0, 0.05) is 88.2 Å². The highest BCUT2D eigenvalue weighted by atomic mass is 32.1. The zero-order chi connectivity index (χ0) is 41.4. The van der Waals surface area contributed by atoms with Crippen molar-refractivity contribution in [1.82, 2.24) is 29.1 Å². The van der Waals surface area contributed by atoms with Gasteiger partial charge >= 0.3 is 0 Å². The molecule has 0 unspecified atom stereocenters. The van der Waals surface area contributed by atoms with E-state index < -0.39 is 0 Å². The summed E-state index contributed by atoms with van der Waals surface area (Å²) in [5.41, 5.74) is 13.5. The summed E-state index contributed by atoms with van der Waals surface area (Å²) in [6.07, 6.45) is 5.72. The van der Waals surface area contributed by atoms with Crippen LogP contribution in [0.15, 0.2) is 207 Å². The quantitative estimate of drug-likeness (QED) is 0.168. The summed E-state index contributed by atoms with van der Waals surface area (Å²) in [4.78, 5) is 19.7. The molecule has 0 amide bonds. The number of hydrogen-bond acceptors (Lipinski definition) is 5. The van der Waals surface area contributed by atoms with Gasteiger partial charge in [-0.2, -0.15) is 0 Å². The van der Waals surface area contributed by atoms with Crippen LogP contribution >= 0.6 is 11.3 Å². The van der Waals surface area contributed by atoms with Gasteiger partial charge in [-0.1, -0.05) is 109 Å². The molecule has 6 nitrogen and oxygen atoms in total. The molecular formula is C56H34N6S. The van der Waals surface area contributed by atoms with Gasteiger partial charge in [0.1, 0.15) is 0 Å². The number of nitrogens with zero attached hydrogens (tertiary/aromatic N) is 6. The summed E-state index contributed by atoms with van der Waals surface area (Å²) >= 11 is 1.81. The van der Waals surface area contributed by atoms with Crippen LogP contribution in [0.2, 0.25) is 0 Å². The second kappa shape index (κ2) is 14.2. The van der Waals surface area contributed by atoms with Gasteiger partial charge in [-0.05, 0) is 78.9 Å². The van der Waals surface area contributed by atoms with Crippen LogP contribution in [-0.4, -0.2) is 29.1 Å². The molecule has 0 N–H and O–H groups in total. The van der Waals surface area contributed by atoms with Crippen molar-refractivity contribution in [3.8, 4) is 56.5 Å². The fraction of sp³-hybridized carbons (Fsp3) is 0. The molecule has 0 radical (unpaired) electrons. The van der Waals surface area contributed by atoms with Gasteiger partial charge < -0.3 is 9.13 Å². The molecule has 13 rings (SSSR count). The summed E-state index contributed by atoms with van der Waals surface area (Å²) in [7, 11) is 0. The van der Waals surface area contributed by atoms with Crippen LogP contribution in [-0.2, 0) is 0 Å². The Morgan fingerprint density at radius 2 is 0.984 bits per heavy atom. The standard InChI is InChI=1S/C56H34N6S/c1-3-11-35(12-4-1)48-32-40(33-49(59-48)36-13-5-2-6-14-36)62-50-17-9-7-15-41(50)43-22-19-37(30-53(43)62)47-25-28-58-56(60-47)38-20-23-52-44(29-38)42-16-8-10-18-51(42)61(52)39-21-24-54-45(31-39)46-34-57-27-26-55(46)63-54/h1-34H. The number of fused-ring (bicyclic) bond motifs is 9. The maximum Gasteiger partial charge on any atom is 0.159 e. The Bertz CT molecular complexity index is 3860. The van der Waals surface area contributed by atoms with Crippen LogP contribution in [0.1, 0.15) is 0 Å². The Labute approximate surface area is 365 Å². The van der Waals surface area contributed by atoms with E-state index in [1.807, 2.05) is 48.1 Å². The lowest BCUT2D eigenvalue weighted by molar-refractivity contribution is 1.16. The average Bonchev–Trinajstić information content (AvgIpc) is 4.01. The fourth-order valence-corrected chi connectivity index (χ4v) is 10.4. The third kappa shape index (κ3) is 5.78. The zero-order valence-corrected chi connectivity index (χ0v) is 34.5. The Morgan fingerprint density at radius 1 is 0.349 bits per heavy atom. The predicted molar refractivity (Wildman–Crippen MR) is 261 cm³/mol. The Morgan fingerprint density at radius 3 is 1.75 bits per heavy atom. The van der Waals surface area contributed by atoms with E-state index in [9.17, 15) is 0 Å². The molecule has 0 fully saturated rings. The van der Waals surface area contributed by atoms with Crippen molar-refractivity contribution in [2.75, 3.05) is 0 Å². The van der Waals surface area contributed by atoms with Gasteiger partial charge in [-0.25, -0.2) is 15.0 Å². The highest BCUT2D eigenvalue weighted by Crippen LogP contribution is 2.40. The average molecular weight is 823 g/mol. The molecule has 0 aliphatic heterocycles. The summed E-state index contributed by atoms with van der Waals surface area (Å²) in [6, 6.07) is 66.7. The fourth-order valence-electron chi connectivity index (χ4n) is 9.36. The lowest BCUT2D eigenvalue weighted by Gasteiger charge is -2.13.